The molecule has 2 aliphatic rings. The average molecular weight is 372 g/mol. The van der Waals surface area contributed by atoms with E-state index < -0.39 is 5.41 Å². The van der Waals surface area contributed by atoms with E-state index in [1.54, 1.807) is 6.20 Å². The van der Waals surface area contributed by atoms with Crippen LogP contribution in [-0.4, -0.2) is 37.2 Å². The molecule has 1 saturated heterocycles. The smallest absolute Gasteiger partial charge is 0.230 e. The predicted molar refractivity (Wildman–Crippen MR) is 101 cm³/mol. The summed E-state index contributed by atoms with van der Waals surface area (Å²) >= 11 is 6.11. The second-order valence-electron chi connectivity index (χ2n) is 6.86. The lowest BCUT2D eigenvalue weighted by Crippen LogP contribution is -2.38. The first-order valence-electron chi connectivity index (χ1n) is 9.00. The minimum Gasteiger partial charge on any atom is -0.378 e. The maximum absolute atomic E-state index is 12.9. The first-order chi connectivity index (χ1) is 12.7. The average Bonchev–Trinajstić information content (AvgIpc) is 3.49. The Bertz CT molecular complexity index is 801. The van der Waals surface area contributed by atoms with Gasteiger partial charge in [-0.25, -0.2) is 4.98 Å². The molecule has 1 aromatic carbocycles. The zero-order valence-electron chi connectivity index (χ0n) is 14.6. The highest BCUT2D eigenvalue weighted by molar-refractivity contribution is 6.30. The van der Waals surface area contributed by atoms with Crippen LogP contribution in [0.1, 0.15) is 24.0 Å². The van der Waals surface area contributed by atoms with Crippen molar-refractivity contribution in [1.29, 1.82) is 0 Å². The quantitative estimate of drug-likeness (QED) is 0.878. The molecule has 0 bridgehead atoms. The standard InChI is InChI=1S/C20H22ClN3O2/c21-17-5-1-4-16(13-17)20(6-7-20)19(25)23-14-15-3-2-8-22-18(15)24-9-11-26-12-10-24/h1-5,8,13H,6-7,9-12,14H2,(H,23,25). The van der Waals surface area contributed by atoms with Crippen molar-refractivity contribution in [2.24, 2.45) is 0 Å². The van der Waals surface area contributed by atoms with Crippen molar-refractivity contribution in [3.8, 4) is 0 Å². The third-order valence-electron chi connectivity index (χ3n) is 5.18. The first-order valence-corrected chi connectivity index (χ1v) is 9.38. The van der Waals surface area contributed by atoms with Gasteiger partial charge in [0, 0.05) is 36.4 Å². The summed E-state index contributed by atoms with van der Waals surface area (Å²) in [5, 5.41) is 3.79. The predicted octanol–water partition coefficient (Wildman–Crippen LogP) is 2.92. The van der Waals surface area contributed by atoms with Crippen LogP contribution in [0.3, 0.4) is 0 Å². The third-order valence-corrected chi connectivity index (χ3v) is 5.41. The van der Waals surface area contributed by atoms with Gasteiger partial charge in [-0.05, 0) is 36.6 Å². The molecule has 0 radical (unpaired) electrons. The number of carbonyl (C=O) groups excluding carboxylic acids is 1. The molecule has 2 heterocycles. The molecule has 4 rings (SSSR count). The molecule has 6 heteroatoms. The number of morpholine rings is 1. The van der Waals surface area contributed by atoms with Gasteiger partial charge in [0.05, 0.1) is 18.6 Å². The number of nitrogens with one attached hydrogen (secondary N) is 1. The van der Waals surface area contributed by atoms with E-state index in [9.17, 15) is 4.79 Å². The van der Waals surface area contributed by atoms with Gasteiger partial charge in [-0.2, -0.15) is 0 Å². The number of pyridine rings is 1. The number of carbonyl (C=O) groups is 1. The number of aromatic nitrogens is 1. The summed E-state index contributed by atoms with van der Waals surface area (Å²) in [6.45, 7) is 3.54. The minimum atomic E-state index is -0.424. The number of amides is 1. The van der Waals surface area contributed by atoms with Crippen LogP contribution in [0.25, 0.3) is 0 Å². The number of ether oxygens (including phenoxy) is 1. The topological polar surface area (TPSA) is 54.5 Å². The number of halogens is 1. The summed E-state index contributed by atoms with van der Waals surface area (Å²) in [7, 11) is 0. The normalized spacial score (nSPS) is 18.4. The molecule has 1 aliphatic carbocycles. The van der Waals surface area contributed by atoms with Crippen LogP contribution in [0.15, 0.2) is 42.6 Å². The van der Waals surface area contributed by atoms with Gasteiger partial charge in [0.25, 0.3) is 0 Å². The molecule has 1 amide bonds. The zero-order valence-corrected chi connectivity index (χ0v) is 15.3. The van der Waals surface area contributed by atoms with Gasteiger partial charge < -0.3 is 15.0 Å². The minimum absolute atomic E-state index is 0.0662. The summed E-state index contributed by atoms with van der Waals surface area (Å²) in [4.78, 5) is 19.6. The van der Waals surface area contributed by atoms with Crippen LogP contribution in [0, 0.1) is 0 Å². The lowest BCUT2D eigenvalue weighted by Gasteiger charge is -2.29. The van der Waals surface area contributed by atoms with Crippen LogP contribution >= 0.6 is 11.6 Å². The molecule has 2 aromatic rings. The number of hydrogen-bond donors (Lipinski definition) is 1. The van der Waals surface area contributed by atoms with Crippen molar-refractivity contribution >= 4 is 23.3 Å². The van der Waals surface area contributed by atoms with E-state index >= 15 is 0 Å². The largest absolute Gasteiger partial charge is 0.378 e. The fourth-order valence-corrected chi connectivity index (χ4v) is 3.72. The summed E-state index contributed by atoms with van der Waals surface area (Å²) in [5.74, 6) is 1.00. The van der Waals surface area contributed by atoms with E-state index in [2.05, 4.69) is 15.2 Å². The van der Waals surface area contributed by atoms with Crippen molar-refractivity contribution in [3.63, 3.8) is 0 Å². The molecule has 26 heavy (non-hydrogen) atoms. The molecule has 1 aliphatic heterocycles. The summed E-state index contributed by atoms with van der Waals surface area (Å²) in [5.41, 5.74) is 1.61. The number of rotatable bonds is 5. The molecular weight excluding hydrogens is 350 g/mol. The molecule has 5 nitrogen and oxygen atoms in total. The van der Waals surface area contributed by atoms with Crippen LogP contribution in [-0.2, 0) is 21.5 Å². The van der Waals surface area contributed by atoms with Gasteiger partial charge in [0.15, 0.2) is 0 Å². The molecule has 0 spiro atoms. The van der Waals surface area contributed by atoms with E-state index in [1.807, 2.05) is 36.4 Å². The van der Waals surface area contributed by atoms with Crippen molar-refractivity contribution in [3.05, 3.63) is 58.7 Å². The molecule has 1 N–H and O–H groups in total. The van der Waals surface area contributed by atoms with Crippen LogP contribution < -0.4 is 10.2 Å². The lowest BCUT2D eigenvalue weighted by molar-refractivity contribution is -0.123. The van der Waals surface area contributed by atoms with Crippen molar-refractivity contribution in [1.82, 2.24) is 10.3 Å². The van der Waals surface area contributed by atoms with Gasteiger partial charge in [-0.3, -0.25) is 4.79 Å². The fraction of sp³-hybridized carbons (Fsp3) is 0.400. The maximum atomic E-state index is 12.9. The van der Waals surface area contributed by atoms with Gasteiger partial charge in [0.2, 0.25) is 5.91 Å². The molecule has 1 saturated carbocycles. The molecule has 0 unspecified atom stereocenters. The number of nitrogens with zero attached hydrogens (tertiary/aromatic N) is 2. The molecule has 0 atom stereocenters. The van der Waals surface area contributed by atoms with Gasteiger partial charge in [-0.1, -0.05) is 29.8 Å². The second-order valence-corrected chi connectivity index (χ2v) is 7.30. The van der Waals surface area contributed by atoms with E-state index in [0.717, 1.165) is 42.9 Å². The fourth-order valence-electron chi connectivity index (χ4n) is 3.53. The Balaban J connectivity index is 1.47. The first kappa shape index (κ1) is 17.3. The van der Waals surface area contributed by atoms with E-state index in [4.69, 9.17) is 16.3 Å². The monoisotopic (exact) mass is 371 g/mol. The maximum Gasteiger partial charge on any atom is 0.230 e. The highest BCUT2D eigenvalue weighted by Crippen LogP contribution is 2.48. The lowest BCUT2D eigenvalue weighted by atomic mass is 9.95. The van der Waals surface area contributed by atoms with Crippen molar-refractivity contribution in [2.75, 3.05) is 31.2 Å². The molecule has 136 valence electrons. The summed E-state index contributed by atoms with van der Waals surface area (Å²) in [6.07, 6.45) is 3.52. The Kier molecular flexibility index (Phi) is 4.83. The highest BCUT2D eigenvalue weighted by Gasteiger charge is 2.51. The Hall–Kier alpha value is -2.11. The third kappa shape index (κ3) is 3.41. The Morgan fingerprint density at radius 3 is 2.77 bits per heavy atom. The number of benzene rings is 1. The van der Waals surface area contributed by atoms with Crippen LogP contribution in [0.4, 0.5) is 5.82 Å². The summed E-state index contributed by atoms with van der Waals surface area (Å²) in [6, 6.07) is 11.6. The van der Waals surface area contributed by atoms with E-state index in [0.29, 0.717) is 24.8 Å². The molecular formula is C20H22ClN3O2. The molecule has 1 aromatic heterocycles. The van der Waals surface area contributed by atoms with Crippen LogP contribution in [0.2, 0.25) is 5.02 Å². The Labute approximate surface area is 158 Å². The Morgan fingerprint density at radius 1 is 1.23 bits per heavy atom. The molecule has 2 fully saturated rings. The Morgan fingerprint density at radius 2 is 2.04 bits per heavy atom. The second kappa shape index (κ2) is 7.25. The SMILES string of the molecule is O=C(NCc1cccnc1N1CCOCC1)C1(c2cccc(Cl)c2)CC1. The van der Waals surface area contributed by atoms with Crippen molar-refractivity contribution in [2.45, 2.75) is 24.8 Å². The van der Waals surface area contributed by atoms with Gasteiger partial charge >= 0.3 is 0 Å². The highest BCUT2D eigenvalue weighted by atomic mass is 35.5. The van der Waals surface area contributed by atoms with Gasteiger partial charge in [-0.15, -0.1) is 0 Å². The van der Waals surface area contributed by atoms with E-state index in [1.165, 1.54) is 0 Å². The van der Waals surface area contributed by atoms with Gasteiger partial charge in [0.1, 0.15) is 5.82 Å². The number of hydrogen-bond acceptors (Lipinski definition) is 4. The zero-order chi connectivity index (χ0) is 18.0. The van der Waals surface area contributed by atoms with E-state index in [-0.39, 0.29) is 5.91 Å². The number of anilines is 1. The summed E-state index contributed by atoms with van der Waals surface area (Å²) < 4.78 is 5.42. The van der Waals surface area contributed by atoms with Crippen molar-refractivity contribution < 1.29 is 9.53 Å². The van der Waals surface area contributed by atoms with Crippen LogP contribution in [0.5, 0.6) is 0 Å².